The second-order valence-electron chi connectivity index (χ2n) is 6.28. The topological polar surface area (TPSA) is 71.5 Å². The fourth-order valence-electron chi connectivity index (χ4n) is 2.74. The summed E-state index contributed by atoms with van der Waals surface area (Å²) in [6.45, 7) is 5.97. The van der Waals surface area contributed by atoms with E-state index in [4.69, 9.17) is 4.74 Å². The smallest absolute Gasteiger partial charge is 0.253 e. The maximum atomic E-state index is 12.3. The van der Waals surface area contributed by atoms with Crippen molar-refractivity contribution >= 4 is 5.91 Å². The minimum Gasteiger partial charge on any atom is -0.475 e. The molecule has 5 nitrogen and oxygen atoms in total. The van der Waals surface area contributed by atoms with E-state index in [0.717, 1.165) is 19.3 Å². The number of nitrogens with one attached hydrogen (secondary N) is 1. The Hall–Kier alpha value is -1.62. The molecule has 5 heteroatoms. The van der Waals surface area contributed by atoms with Gasteiger partial charge in [-0.3, -0.25) is 4.79 Å². The van der Waals surface area contributed by atoms with Gasteiger partial charge in [0.1, 0.15) is 0 Å². The first-order chi connectivity index (χ1) is 9.94. The maximum Gasteiger partial charge on any atom is 0.253 e. The first kappa shape index (κ1) is 15.8. The van der Waals surface area contributed by atoms with E-state index in [2.05, 4.69) is 10.3 Å². The van der Waals surface area contributed by atoms with Crippen LogP contribution in [0.1, 0.15) is 50.4 Å². The number of ether oxygens (including phenoxy) is 1. The number of carbonyl (C=O) groups is 1. The molecule has 21 heavy (non-hydrogen) atoms. The number of aromatic nitrogens is 1. The Kier molecular flexibility index (Phi) is 4.83. The summed E-state index contributed by atoms with van der Waals surface area (Å²) >= 11 is 0. The lowest BCUT2D eigenvalue weighted by atomic mass is 9.85. The van der Waals surface area contributed by atoms with E-state index in [1.165, 1.54) is 6.20 Å². The number of pyridine rings is 1. The minimum atomic E-state index is -0.218. The molecule has 116 valence electrons. The van der Waals surface area contributed by atoms with Gasteiger partial charge in [-0.2, -0.15) is 0 Å². The Morgan fingerprint density at radius 3 is 2.90 bits per heavy atom. The standard InChI is InChI=1S/C16H24N2O3/c1-11(2)21-14-7-6-12(9-17-14)15(20)18-13-5-4-8-16(13,3)10-19/h6-7,9,11,13,19H,4-5,8,10H2,1-3H3,(H,18,20). The van der Waals surface area contributed by atoms with Crippen LogP contribution in [0.15, 0.2) is 18.3 Å². The van der Waals surface area contributed by atoms with E-state index in [1.807, 2.05) is 20.8 Å². The van der Waals surface area contributed by atoms with Gasteiger partial charge in [-0.25, -0.2) is 4.98 Å². The van der Waals surface area contributed by atoms with Gasteiger partial charge in [-0.05, 0) is 32.8 Å². The van der Waals surface area contributed by atoms with Gasteiger partial charge >= 0.3 is 0 Å². The van der Waals surface area contributed by atoms with Crippen molar-refractivity contribution in [1.82, 2.24) is 10.3 Å². The molecule has 1 aliphatic rings. The summed E-state index contributed by atoms with van der Waals surface area (Å²) in [6, 6.07) is 3.43. The predicted octanol–water partition coefficient (Wildman–Crippen LogP) is 2.15. The molecule has 0 aromatic carbocycles. The Morgan fingerprint density at radius 2 is 2.33 bits per heavy atom. The Bertz CT molecular complexity index is 487. The number of nitrogens with zero attached hydrogens (tertiary/aromatic N) is 1. The molecule has 0 bridgehead atoms. The van der Waals surface area contributed by atoms with E-state index in [-0.39, 0.29) is 30.1 Å². The predicted molar refractivity (Wildman–Crippen MR) is 80.3 cm³/mol. The number of hydrogen-bond donors (Lipinski definition) is 2. The average Bonchev–Trinajstić information content (AvgIpc) is 2.81. The summed E-state index contributed by atoms with van der Waals surface area (Å²) in [5.74, 6) is 0.368. The first-order valence-electron chi connectivity index (χ1n) is 7.49. The third kappa shape index (κ3) is 3.73. The maximum absolute atomic E-state index is 12.3. The highest BCUT2D eigenvalue weighted by Gasteiger charge is 2.39. The molecule has 1 heterocycles. The SMILES string of the molecule is CC(C)Oc1ccc(C(=O)NC2CCCC2(C)CO)cn1. The summed E-state index contributed by atoms with van der Waals surface area (Å²) in [5.41, 5.74) is 0.294. The van der Waals surface area contributed by atoms with Crippen LogP contribution >= 0.6 is 0 Å². The van der Waals surface area contributed by atoms with Crippen molar-refractivity contribution in [3.63, 3.8) is 0 Å². The fraction of sp³-hybridized carbons (Fsp3) is 0.625. The molecule has 1 amide bonds. The molecule has 0 saturated heterocycles. The van der Waals surface area contributed by atoms with E-state index < -0.39 is 0 Å². The molecule has 0 radical (unpaired) electrons. The third-order valence-electron chi connectivity index (χ3n) is 4.10. The molecular weight excluding hydrogens is 268 g/mol. The van der Waals surface area contributed by atoms with Crippen molar-refractivity contribution in [1.29, 1.82) is 0 Å². The van der Waals surface area contributed by atoms with Crippen molar-refractivity contribution in [3.8, 4) is 5.88 Å². The van der Waals surface area contributed by atoms with Crippen LogP contribution in [0.25, 0.3) is 0 Å². The van der Waals surface area contributed by atoms with Crippen LogP contribution in [0.4, 0.5) is 0 Å². The van der Waals surface area contributed by atoms with Gasteiger partial charge in [0.05, 0.1) is 18.3 Å². The number of rotatable bonds is 5. The van der Waals surface area contributed by atoms with Gasteiger partial charge in [0.2, 0.25) is 5.88 Å². The molecule has 2 N–H and O–H groups in total. The van der Waals surface area contributed by atoms with E-state index in [9.17, 15) is 9.90 Å². The van der Waals surface area contributed by atoms with Crippen LogP contribution in [0.2, 0.25) is 0 Å². The number of amides is 1. The lowest BCUT2D eigenvalue weighted by molar-refractivity contribution is 0.0830. The summed E-state index contributed by atoms with van der Waals surface area (Å²) in [7, 11) is 0. The molecule has 0 aliphatic heterocycles. The molecule has 1 aromatic heterocycles. The van der Waals surface area contributed by atoms with Crippen molar-refractivity contribution in [2.24, 2.45) is 5.41 Å². The van der Waals surface area contributed by atoms with E-state index >= 15 is 0 Å². The molecule has 1 fully saturated rings. The number of carbonyl (C=O) groups excluding carboxylic acids is 1. The highest BCUT2D eigenvalue weighted by molar-refractivity contribution is 5.94. The molecule has 1 saturated carbocycles. The minimum absolute atomic E-state index is 0.0154. The summed E-state index contributed by atoms with van der Waals surface area (Å²) in [4.78, 5) is 16.4. The monoisotopic (exact) mass is 292 g/mol. The Labute approximate surface area is 125 Å². The average molecular weight is 292 g/mol. The van der Waals surface area contributed by atoms with Crippen molar-refractivity contribution in [2.45, 2.75) is 52.2 Å². The fourth-order valence-corrected chi connectivity index (χ4v) is 2.74. The van der Waals surface area contributed by atoms with Gasteiger partial charge in [-0.15, -0.1) is 0 Å². The zero-order valence-corrected chi connectivity index (χ0v) is 12.9. The molecule has 2 rings (SSSR count). The molecule has 2 unspecified atom stereocenters. The second-order valence-corrected chi connectivity index (χ2v) is 6.28. The van der Waals surface area contributed by atoms with Crippen LogP contribution < -0.4 is 10.1 Å². The first-order valence-corrected chi connectivity index (χ1v) is 7.49. The number of hydrogen-bond acceptors (Lipinski definition) is 4. The zero-order valence-electron chi connectivity index (χ0n) is 12.9. The van der Waals surface area contributed by atoms with E-state index in [1.54, 1.807) is 12.1 Å². The summed E-state index contributed by atoms with van der Waals surface area (Å²) in [6.07, 6.45) is 4.46. The lowest BCUT2D eigenvalue weighted by Gasteiger charge is -2.30. The zero-order chi connectivity index (χ0) is 15.5. The van der Waals surface area contributed by atoms with Gasteiger partial charge in [0.15, 0.2) is 0 Å². The van der Waals surface area contributed by atoms with Gasteiger partial charge in [-0.1, -0.05) is 13.3 Å². The van der Waals surface area contributed by atoms with Crippen molar-refractivity contribution in [2.75, 3.05) is 6.61 Å². The van der Waals surface area contributed by atoms with Crippen molar-refractivity contribution in [3.05, 3.63) is 23.9 Å². The molecular formula is C16H24N2O3. The largest absolute Gasteiger partial charge is 0.475 e. The van der Waals surface area contributed by atoms with Gasteiger partial charge in [0.25, 0.3) is 5.91 Å². The molecule has 0 spiro atoms. The van der Waals surface area contributed by atoms with E-state index in [0.29, 0.717) is 11.4 Å². The highest BCUT2D eigenvalue weighted by Crippen LogP contribution is 2.37. The van der Waals surface area contributed by atoms with Crippen LogP contribution in [0.5, 0.6) is 5.88 Å². The van der Waals surface area contributed by atoms with Crippen LogP contribution in [-0.4, -0.2) is 34.8 Å². The summed E-state index contributed by atoms with van der Waals surface area (Å²) < 4.78 is 5.46. The molecule has 1 aliphatic carbocycles. The second kappa shape index (κ2) is 6.43. The molecule has 2 atom stereocenters. The van der Waals surface area contributed by atoms with Crippen molar-refractivity contribution < 1.29 is 14.6 Å². The normalized spacial score (nSPS) is 25.1. The van der Waals surface area contributed by atoms with Crippen LogP contribution in [0.3, 0.4) is 0 Å². The Morgan fingerprint density at radius 1 is 1.57 bits per heavy atom. The Balaban J connectivity index is 2.00. The van der Waals surface area contributed by atoms with Gasteiger partial charge < -0.3 is 15.2 Å². The van der Waals surface area contributed by atoms with Gasteiger partial charge in [0, 0.05) is 23.7 Å². The quantitative estimate of drug-likeness (QED) is 0.872. The molecule has 1 aromatic rings. The highest BCUT2D eigenvalue weighted by atomic mass is 16.5. The number of aliphatic hydroxyl groups is 1. The number of aliphatic hydroxyl groups excluding tert-OH is 1. The third-order valence-corrected chi connectivity index (χ3v) is 4.10. The van der Waals surface area contributed by atoms with Crippen LogP contribution in [0, 0.1) is 5.41 Å². The van der Waals surface area contributed by atoms with Crippen LogP contribution in [-0.2, 0) is 0 Å². The summed E-state index contributed by atoms with van der Waals surface area (Å²) in [5, 5.41) is 12.5. The lowest BCUT2D eigenvalue weighted by Crippen LogP contribution is -2.44.